The van der Waals surface area contributed by atoms with Crippen molar-refractivity contribution in [1.82, 2.24) is 5.32 Å². The van der Waals surface area contributed by atoms with Gasteiger partial charge in [0.05, 0.1) is 6.04 Å². The van der Waals surface area contributed by atoms with E-state index in [1.54, 1.807) is 0 Å². The van der Waals surface area contributed by atoms with E-state index in [1.807, 2.05) is 18.3 Å². The van der Waals surface area contributed by atoms with E-state index in [2.05, 4.69) is 16.5 Å². The molecule has 88 valence electrons. The average molecular weight is 239 g/mol. The minimum atomic E-state index is -0.0954. The van der Waals surface area contributed by atoms with Crippen LogP contribution >= 0.6 is 11.3 Å². The lowest BCUT2D eigenvalue weighted by molar-refractivity contribution is 0.315. The summed E-state index contributed by atoms with van der Waals surface area (Å²) in [6.07, 6.45) is 3.76. The molecule has 0 bridgehead atoms. The number of nitrogens with one attached hydrogen (secondary N) is 1. The second-order valence-electron chi connectivity index (χ2n) is 4.14. The van der Waals surface area contributed by atoms with Gasteiger partial charge in [-0.3, -0.25) is 0 Å². The molecule has 4 N–H and O–H groups in total. The first kappa shape index (κ1) is 11.4. The van der Waals surface area contributed by atoms with Crippen molar-refractivity contribution in [3.05, 3.63) is 21.4 Å². The van der Waals surface area contributed by atoms with Gasteiger partial charge >= 0.3 is 0 Å². The third kappa shape index (κ3) is 2.36. The molecule has 4 nitrogen and oxygen atoms in total. The van der Waals surface area contributed by atoms with E-state index in [4.69, 9.17) is 10.9 Å². The van der Waals surface area contributed by atoms with Crippen LogP contribution in [0.5, 0.6) is 0 Å². The number of thiophene rings is 1. The number of hydrogen-bond donors (Lipinski definition) is 3. The second-order valence-corrected chi connectivity index (χ2v) is 5.36. The highest BCUT2D eigenvalue weighted by atomic mass is 32.1. The van der Waals surface area contributed by atoms with E-state index < -0.39 is 0 Å². The van der Waals surface area contributed by atoms with Gasteiger partial charge in [-0.05, 0) is 37.8 Å². The van der Waals surface area contributed by atoms with E-state index in [1.165, 1.54) is 34.6 Å². The van der Waals surface area contributed by atoms with Crippen LogP contribution in [-0.2, 0) is 19.4 Å². The lowest BCUT2D eigenvalue weighted by atomic mass is 10.2. The van der Waals surface area contributed by atoms with Crippen LogP contribution in [0.25, 0.3) is 0 Å². The largest absolute Gasteiger partial charge is 0.409 e. The van der Waals surface area contributed by atoms with Crippen LogP contribution in [0.4, 0.5) is 0 Å². The van der Waals surface area contributed by atoms with Crippen molar-refractivity contribution in [3.8, 4) is 0 Å². The molecule has 1 aromatic rings. The fourth-order valence-corrected chi connectivity index (χ4v) is 3.13. The first-order chi connectivity index (χ1) is 7.70. The molecular weight excluding hydrogens is 222 g/mol. The molecule has 0 saturated carbocycles. The third-order valence-corrected chi connectivity index (χ3v) is 4.18. The Labute approximate surface area is 99.2 Å². The summed E-state index contributed by atoms with van der Waals surface area (Å²) in [4.78, 5) is 2.87. The number of fused-ring (bicyclic) bond motifs is 1. The number of oxime groups is 1. The van der Waals surface area contributed by atoms with Crippen molar-refractivity contribution in [2.75, 3.05) is 0 Å². The first-order valence-electron chi connectivity index (χ1n) is 5.52. The topological polar surface area (TPSA) is 70.6 Å². The van der Waals surface area contributed by atoms with Crippen LogP contribution in [0, 0.1) is 0 Å². The van der Waals surface area contributed by atoms with E-state index in [0.717, 1.165) is 6.54 Å². The maximum Gasteiger partial charge on any atom is 0.156 e. The summed E-state index contributed by atoms with van der Waals surface area (Å²) in [5.41, 5.74) is 7.01. The van der Waals surface area contributed by atoms with Crippen molar-refractivity contribution in [2.45, 2.75) is 38.8 Å². The van der Waals surface area contributed by atoms with Gasteiger partial charge in [0.2, 0.25) is 0 Å². The molecular formula is C11H17N3OS. The van der Waals surface area contributed by atoms with Crippen molar-refractivity contribution in [1.29, 1.82) is 0 Å². The van der Waals surface area contributed by atoms with Crippen LogP contribution in [-0.4, -0.2) is 17.1 Å². The Bertz CT molecular complexity index is 378. The molecule has 5 heteroatoms. The number of rotatable bonds is 4. The summed E-state index contributed by atoms with van der Waals surface area (Å²) in [6, 6.07) is 2.18. The van der Waals surface area contributed by atoms with Crippen molar-refractivity contribution in [3.63, 3.8) is 0 Å². The Hall–Kier alpha value is -1.07. The highest BCUT2D eigenvalue weighted by Gasteiger charge is 2.15. The predicted molar refractivity (Wildman–Crippen MR) is 66.1 cm³/mol. The molecule has 0 spiro atoms. The maximum atomic E-state index is 8.52. The summed E-state index contributed by atoms with van der Waals surface area (Å²) in [7, 11) is 0. The average Bonchev–Trinajstić information content (AvgIpc) is 2.84. The molecule has 2 rings (SSSR count). The number of nitrogens with two attached hydrogens (primary N) is 1. The van der Waals surface area contributed by atoms with Gasteiger partial charge in [0, 0.05) is 16.3 Å². The third-order valence-electron chi connectivity index (χ3n) is 2.94. The van der Waals surface area contributed by atoms with Gasteiger partial charge < -0.3 is 16.3 Å². The molecule has 1 aromatic heterocycles. The van der Waals surface area contributed by atoms with Crippen LogP contribution in [0.1, 0.15) is 28.7 Å². The lowest BCUT2D eigenvalue weighted by Crippen LogP contribution is -2.38. The van der Waals surface area contributed by atoms with Gasteiger partial charge in [0.15, 0.2) is 5.84 Å². The van der Waals surface area contributed by atoms with Gasteiger partial charge in [-0.25, -0.2) is 0 Å². The Kier molecular flexibility index (Phi) is 3.46. The Balaban J connectivity index is 1.90. The number of nitrogens with zero attached hydrogens (tertiary/aromatic N) is 1. The summed E-state index contributed by atoms with van der Waals surface area (Å²) in [5, 5.41) is 14.7. The summed E-state index contributed by atoms with van der Waals surface area (Å²) < 4.78 is 0. The molecule has 0 saturated heterocycles. The molecule has 16 heavy (non-hydrogen) atoms. The molecule has 0 aliphatic heterocycles. The first-order valence-corrected chi connectivity index (χ1v) is 6.33. The molecule has 1 unspecified atom stereocenters. The highest BCUT2D eigenvalue weighted by molar-refractivity contribution is 7.12. The van der Waals surface area contributed by atoms with Crippen molar-refractivity contribution < 1.29 is 5.21 Å². The van der Waals surface area contributed by atoms with Gasteiger partial charge in [0.25, 0.3) is 0 Å². The zero-order valence-electron chi connectivity index (χ0n) is 9.36. The molecule has 0 amide bonds. The zero-order valence-corrected chi connectivity index (χ0v) is 10.2. The smallest absolute Gasteiger partial charge is 0.156 e. The number of amidine groups is 1. The number of aryl methyl sites for hydroxylation is 2. The van der Waals surface area contributed by atoms with Gasteiger partial charge in [-0.2, -0.15) is 0 Å². The van der Waals surface area contributed by atoms with Crippen molar-refractivity contribution in [2.24, 2.45) is 10.9 Å². The normalized spacial score (nSPS) is 17.4. The highest BCUT2D eigenvalue weighted by Crippen LogP contribution is 2.30. The van der Waals surface area contributed by atoms with Gasteiger partial charge in [0.1, 0.15) is 0 Å². The molecule has 1 aliphatic carbocycles. The quantitative estimate of drug-likeness (QED) is 0.322. The van der Waals surface area contributed by atoms with Gasteiger partial charge in [-0.15, -0.1) is 11.3 Å². The summed E-state index contributed by atoms with van der Waals surface area (Å²) in [6.45, 7) is 2.67. The van der Waals surface area contributed by atoms with Crippen molar-refractivity contribution >= 4 is 17.2 Å². The summed E-state index contributed by atoms with van der Waals surface area (Å²) in [5.74, 6) is 0.226. The monoisotopic (exact) mass is 239 g/mol. The second kappa shape index (κ2) is 4.84. The van der Waals surface area contributed by atoms with Crippen LogP contribution < -0.4 is 11.1 Å². The molecule has 1 heterocycles. The van der Waals surface area contributed by atoms with Crippen LogP contribution in [0.2, 0.25) is 0 Å². The minimum Gasteiger partial charge on any atom is -0.409 e. The standard InChI is InChI=1S/C11H17N3OS/c1-7(11(12)14-15)13-6-9-5-8-3-2-4-10(8)16-9/h5,7,13,15H,2-4,6H2,1H3,(H2,12,14). The molecule has 0 aromatic carbocycles. The molecule has 0 radical (unpaired) electrons. The zero-order chi connectivity index (χ0) is 11.5. The Morgan fingerprint density at radius 1 is 1.69 bits per heavy atom. The minimum absolute atomic E-state index is 0.0954. The van der Waals surface area contributed by atoms with Crippen LogP contribution in [0.15, 0.2) is 11.2 Å². The van der Waals surface area contributed by atoms with Crippen LogP contribution in [0.3, 0.4) is 0 Å². The molecule has 1 aliphatic rings. The predicted octanol–water partition coefficient (Wildman–Crippen LogP) is 1.46. The number of hydrogen-bond acceptors (Lipinski definition) is 4. The molecule has 0 fully saturated rings. The SMILES string of the molecule is CC(NCc1cc2c(s1)CCC2)C(N)=NO. The fourth-order valence-electron chi connectivity index (χ4n) is 1.92. The lowest BCUT2D eigenvalue weighted by Gasteiger charge is -2.10. The Morgan fingerprint density at radius 2 is 2.50 bits per heavy atom. The maximum absolute atomic E-state index is 8.52. The fraction of sp³-hybridized carbons (Fsp3) is 0.545. The van der Waals surface area contributed by atoms with E-state index in [0.29, 0.717) is 0 Å². The molecule has 1 atom stereocenters. The Morgan fingerprint density at radius 3 is 3.19 bits per heavy atom. The van der Waals surface area contributed by atoms with Gasteiger partial charge in [-0.1, -0.05) is 5.16 Å². The van der Waals surface area contributed by atoms with E-state index in [-0.39, 0.29) is 11.9 Å². The summed E-state index contributed by atoms with van der Waals surface area (Å²) >= 11 is 1.88. The van der Waals surface area contributed by atoms with E-state index >= 15 is 0 Å². The van der Waals surface area contributed by atoms with E-state index in [9.17, 15) is 0 Å².